The van der Waals surface area contributed by atoms with E-state index >= 15 is 0 Å². The molecule has 1 aromatic carbocycles. The Hall–Kier alpha value is -3.56. The molecule has 192 valence electrons. The summed E-state index contributed by atoms with van der Waals surface area (Å²) in [5, 5.41) is 6.53. The molecule has 0 aliphatic carbocycles. The van der Waals surface area contributed by atoms with Gasteiger partial charge >= 0.3 is 12.4 Å². The van der Waals surface area contributed by atoms with Gasteiger partial charge in [-0.15, -0.1) is 5.10 Å². The number of carbonyl (C=O) groups is 1. The highest BCUT2D eigenvalue weighted by atomic mass is 32.2. The van der Waals surface area contributed by atoms with Crippen LogP contribution in [0.2, 0.25) is 0 Å². The van der Waals surface area contributed by atoms with Crippen LogP contribution in [0, 0.1) is 0 Å². The second-order valence-corrected chi connectivity index (χ2v) is 10.2. The second kappa shape index (κ2) is 8.83. The second-order valence-electron chi connectivity index (χ2n) is 8.06. The lowest BCUT2D eigenvalue weighted by Gasteiger charge is -2.25. The van der Waals surface area contributed by atoms with Crippen molar-refractivity contribution < 1.29 is 39.6 Å². The highest BCUT2D eigenvalue weighted by Crippen LogP contribution is 2.36. The van der Waals surface area contributed by atoms with Crippen LogP contribution in [0.15, 0.2) is 36.9 Å². The standard InChI is InChI=1S/C20H16F6N6O3S/c1-10(30-18(33)11-4-12(19(21,22)23)6-13(5-11)20(24,25)26)15-16(28-3-2-27-15)17-29-9-32(31-17)14-7-36(34,35)8-14/h2-6,9-10,14H,7-8H2,1H3,(H,30,33). The molecule has 1 unspecified atom stereocenters. The van der Waals surface area contributed by atoms with Crippen molar-refractivity contribution in [2.24, 2.45) is 0 Å². The Morgan fingerprint density at radius 3 is 2.14 bits per heavy atom. The van der Waals surface area contributed by atoms with Crippen molar-refractivity contribution in [1.29, 1.82) is 0 Å². The van der Waals surface area contributed by atoms with Gasteiger partial charge in [-0.3, -0.25) is 9.78 Å². The zero-order valence-electron chi connectivity index (χ0n) is 18.2. The van der Waals surface area contributed by atoms with Crippen molar-refractivity contribution in [2.45, 2.75) is 31.4 Å². The average molecular weight is 534 g/mol. The number of amides is 1. The summed E-state index contributed by atoms with van der Waals surface area (Å²) >= 11 is 0. The van der Waals surface area contributed by atoms with Gasteiger partial charge < -0.3 is 5.32 Å². The molecule has 1 aliphatic heterocycles. The van der Waals surface area contributed by atoms with Gasteiger partial charge in [-0.05, 0) is 25.1 Å². The minimum Gasteiger partial charge on any atom is -0.344 e. The third-order valence-electron chi connectivity index (χ3n) is 5.32. The summed E-state index contributed by atoms with van der Waals surface area (Å²) in [6.07, 6.45) is -6.35. The Morgan fingerprint density at radius 2 is 1.58 bits per heavy atom. The van der Waals surface area contributed by atoms with Gasteiger partial charge in [0, 0.05) is 18.0 Å². The summed E-state index contributed by atoms with van der Waals surface area (Å²) in [7, 11) is -3.13. The van der Waals surface area contributed by atoms with Crippen molar-refractivity contribution in [3.8, 4) is 11.5 Å². The number of nitrogens with zero attached hydrogens (tertiary/aromatic N) is 5. The SMILES string of the molecule is CC(NC(=O)c1cc(C(F)(F)F)cc(C(F)(F)F)c1)c1nccnc1-c1ncn(C2CS(=O)(=O)C2)n1. The number of nitrogens with one attached hydrogen (secondary N) is 1. The van der Waals surface area contributed by atoms with E-state index < -0.39 is 56.9 Å². The highest BCUT2D eigenvalue weighted by molar-refractivity contribution is 7.92. The number of hydrogen-bond acceptors (Lipinski definition) is 7. The maximum absolute atomic E-state index is 13.1. The Labute approximate surface area is 199 Å². The van der Waals surface area contributed by atoms with E-state index in [-0.39, 0.29) is 34.8 Å². The van der Waals surface area contributed by atoms with Gasteiger partial charge in [0.25, 0.3) is 5.91 Å². The average Bonchev–Trinajstić information content (AvgIpc) is 3.25. The molecule has 2 aromatic heterocycles. The maximum Gasteiger partial charge on any atom is 0.416 e. The normalized spacial score (nSPS) is 16.9. The molecule has 0 radical (unpaired) electrons. The van der Waals surface area contributed by atoms with E-state index in [1.165, 1.54) is 30.3 Å². The topological polar surface area (TPSA) is 120 Å². The van der Waals surface area contributed by atoms with E-state index in [9.17, 15) is 39.6 Å². The number of benzene rings is 1. The molecular formula is C20H16F6N6O3S. The summed E-state index contributed by atoms with van der Waals surface area (Å²) in [6, 6.07) is -0.857. The Kier molecular flexibility index (Phi) is 6.26. The predicted octanol–water partition coefficient (Wildman–Crippen LogP) is 3.23. The van der Waals surface area contributed by atoms with Gasteiger partial charge in [0.15, 0.2) is 9.84 Å². The first-order valence-corrected chi connectivity index (χ1v) is 12.0. The smallest absolute Gasteiger partial charge is 0.344 e. The van der Waals surface area contributed by atoms with Crippen LogP contribution in [0.3, 0.4) is 0 Å². The lowest BCUT2D eigenvalue weighted by Crippen LogP contribution is -2.38. The monoisotopic (exact) mass is 534 g/mol. The summed E-state index contributed by atoms with van der Waals surface area (Å²) in [5.41, 5.74) is -3.91. The third kappa shape index (κ3) is 5.32. The van der Waals surface area contributed by atoms with Crippen molar-refractivity contribution in [1.82, 2.24) is 30.0 Å². The lowest BCUT2D eigenvalue weighted by atomic mass is 10.0. The molecule has 9 nitrogen and oxygen atoms in total. The summed E-state index contributed by atoms with van der Waals surface area (Å²) in [4.78, 5) is 25.0. The number of rotatable bonds is 5. The molecule has 0 bridgehead atoms. The van der Waals surface area contributed by atoms with Gasteiger partial charge in [0.2, 0.25) is 5.82 Å². The number of carbonyl (C=O) groups excluding carboxylic acids is 1. The molecular weight excluding hydrogens is 518 g/mol. The van der Waals surface area contributed by atoms with E-state index in [0.29, 0.717) is 12.1 Å². The fourth-order valence-electron chi connectivity index (χ4n) is 3.52. The van der Waals surface area contributed by atoms with Gasteiger partial charge in [-0.2, -0.15) is 26.3 Å². The first-order valence-electron chi connectivity index (χ1n) is 10.2. The minimum atomic E-state index is -5.11. The zero-order valence-corrected chi connectivity index (χ0v) is 19.0. The molecule has 3 heterocycles. The minimum absolute atomic E-state index is 0.0434. The predicted molar refractivity (Wildman–Crippen MR) is 111 cm³/mol. The molecule has 0 spiro atoms. The highest BCUT2D eigenvalue weighted by Gasteiger charge is 2.38. The molecule has 16 heteroatoms. The van der Waals surface area contributed by atoms with Crippen molar-refractivity contribution in [2.75, 3.05) is 11.5 Å². The van der Waals surface area contributed by atoms with Crippen molar-refractivity contribution in [3.63, 3.8) is 0 Å². The number of halogens is 6. The fraction of sp³-hybridized carbons (Fsp3) is 0.350. The van der Waals surface area contributed by atoms with Crippen molar-refractivity contribution >= 4 is 15.7 Å². The Bertz CT molecular complexity index is 1380. The van der Waals surface area contributed by atoms with Crippen LogP contribution in [-0.4, -0.2) is 50.6 Å². The zero-order chi connectivity index (χ0) is 26.5. The van der Waals surface area contributed by atoms with E-state index in [4.69, 9.17) is 0 Å². The van der Waals surface area contributed by atoms with Gasteiger partial charge in [0.05, 0.1) is 40.4 Å². The van der Waals surface area contributed by atoms with E-state index in [2.05, 4.69) is 25.4 Å². The van der Waals surface area contributed by atoms with Crippen LogP contribution in [0.4, 0.5) is 26.3 Å². The number of alkyl halides is 6. The van der Waals surface area contributed by atoms with Crippen LogP contribution >= 0.6 is 0 Å². The van der Waals surface area contributed by atoms with E-state index in [0.717, 1.165) is 0 Å². The van der Waals surface area contributed by atoms with Crippen LogP contribution in [0.1, 0.15) is 46.2 Å². The Morgan fingerprint density at radius 1 is 1.00 bits per heavy atom. The molecule has 3 aromatic rings. The molecule has 4 rings (SSSR count). The van der Waals surface area contributed by atoms with Crippen LogP contribution < -0.4 is 5.32 Å². The third-order valence-corrected chi connectivity index (χ3v) is 7.11. The van der Waals surface area contributed by atoms with E-state index in [1.807, 2.05) is 0 Å². The van der Waals surface area contributed by atoms with Crippen LogP contribution in [0.5, 0.6) is 0 Å². The van der Waals surface area contributed by atoms with Gasteiger partial charge in [0.1, 0.15) is 12.0 Å². The number of aromatic nitrogens is 5. The van der Waals surface area contributed by atoms with Gasteiger partial charge in [-0.1, -0.05) is 0 Å². The quantitative estimate of drug-likeness (QED) is 0.499. The van der Waals surface area contributed by atoms with Crippen molar-refractivity contribution in [3.05, 3.63) is 59.3 Å². The molecule has 1 amide bonds. The largest absolute Gasteiger partial charge is 0.416 e. The number of hydrogen-bond donors (Lipinski definition) is 1. The lowest BCUT2D eigenvalue weighted by molar-refractivity contribution is -0.143. The first kappa shape index (κ1) is 25.5. The first-order chi connectivity index (χ1) is 16.6. The molecule has 1 fully saturated rings. The molecule has 1 aliphatic rings. The van der Waals surface area contributed by atoms with Crippen LogP contribution in [0.25, 0.3) is 11.5 Å². The molecule has 0 saturated carbocycles. The molecule has 1 saturated heterocycles. The van der Waals surface area contributed by atoms with Crippen LogP contribution in [-0.2, 0) is 22.2 Å². The maximum atomic E-state index is 13.1. The molecule has 1 N–H and O–H groups in total. The van der Waals surface area contributed by atoms with E-state index in [1.54, 1.807) is 0 Å². The summed E-state index contributed by atoms with van der Waals surface area (Å²) in [5.74, 6) is -1.37. The van der Waals surface area contributed by atoms with Gasteiger partial charge in [-0.25, -0.2) is 23.1 Å². The molecule has 36 heavy (non-hydrogen) atoms. The fourth-order valence-corrected chi connectivity index (χ4v) is 4.90. The number of sulfone groups is 1. The summed E-state index contributed by atoms with van der Waals surface area (Å²) in [6.45, 7) is 1.40. The molecule has 1 atom stereocenters. The Balaban J connectivity index is 1.60. The summed E-state index contributed by atoms with van der Waals surface area (Å²) < 4.78 is 103.